The second-order valence-corrected chi connectivity index (χ2v) is 6.89. The second kappa shape index (κ2) is 5.85. The number of rotatable bonds is 6. The first-order valence-corrected chi connectivity index (χ1v) is 8.33. The van der Waals surface area contributed by atoms with Crippen LogP contribution in [0.1, 0.15) is 50.0 Å². The van der Waals surface area contributed by atoms with Crippen LogP contribution in [0.4, 0.5) is 5.69 Å². The molecule has 24 heavy (non-hydrogen) atoms. The average molecular weight is 327 g/mol. The van der Waals surface area contributed by atoms with Crippen LogP contribution in [-0.4, -0.2) is 37.0 Å². The lowest BCUT2D eigenvalue weighted by Crippen LogP contribution is -2.18. The Morgan fingerprint density at radius 3 is 2.96 bits per heavy atom. The monoisotopic (exact) mass is 327 g/mol. The zero-order chi connectivity index (χ0) is 16.7. The molecule has 1 aliphatic rings. The highest BCUT2D eigenvalue weighted by Gasteiger charge is 2.27. The Morgan fingerprint density at radius 1 is 1.38 bits per heavy atom. The van der Waals surface area contributed by atoms with Gasteiger partial charge in [-0.15, -0.1) is 10.2 Å². The van der Waals surface area contributed by atoms with Gasteiger partial charge in [-0.2, -0.15) is 14.6 Å². The van der Waals surface area contributed by atoms with E-state index in [1.165, 1.54) is 12.8 Å². The number of hydrogen-bond acceptors (Lipinski definition) is 7. The minimum atomic E-state index is 0.505. The average Bonchev–Trinajstić information content (AvgIpc) is 3.13. The van der Waals surface area contributed by atoms with E-state index >= 15 is 0 Å². The molecule has 3 heterocycles. The minimum Gasteiger partial charge on any atom is -0.362 e. The maximum atomic E-state index is 5.38. The van der Waals surface area contributed by atoms with Gasteiger partial charge in [0.15, 0.2) is 5.82 Å². The van der Waals surface area contributed by atoms with Gasteiger partial charge in [-0.25, -0.2) is 0 Å². The van der Waals surface area contributed by atoms with E-state index in [2.05, 4.69) is 50.3 Å². The van der Waals surface area contributed by atoms with Gasteiger partial charge in [-0.3, -0.25) is 0 Å². The Morgan fingerprint density at radius 2 is 2.21 bits per heavy atom. The van der Waals surface area contributed by atoms with Crippen molar-refractivity contribution in [2.24, 2.45) is 5.92 Å². The summed E-state index contributed by atoms with van der Waals surface area (Å²) in [5.41, 5.74) is 2.81. The summed E-state index contributed by atoms with van der Waals surface area (Å²) in [6, 6.07) is 2.10. The van der Waals surface area contributed by atoms with Crippen LogP contribution in [0.2, 0.25) is 0 Å². The summed E-state index contributed by atoms with van der Waals surface area (Å²) in [4.78, 5) is 6.54. The second-order valence-electron chi connectivity index (χ2n) is 6.89. The molecule has 3 aromatic heterocycles. The fourth-order valence-corrected chi connectivity index (χ4v) is 2.78. The number of hydrogen-bond donors (Lipinski definition) is 0. The largest absolute Gasteiger partial charge is 0.362 e. The third-order valence-corrected chi connectivity index (χ3v) is 4.15. The number of nitrogens with zero attached hydrogens (tertiary/aromatic N) is 7. The lowest BCUT2D eigenvalue weighted by atomic mass is 10.1. The summed E-state index contributed by atoms with van der Waals surface area (Å²) in [5.74, 6) is 2.43. The summed E-state index contributed by atoms with van der Waals surface area (Å²) in [6.45, 7) is 4.81. The van der Waals surface area contributed by atoms with Crippen LogP contribution in [-0.2, 0) is 13.0 Å². The fraction of sp³-hybridized carbons (Fsp3) is 0.562. The van der Waals surface area contributed by atoms with Gasteiger partial charge in [0, 0.05) is 19.4 Å². The molecule has 0 N–H and O–H groups in total. The quantitative estimate of drug-likeness (QED) is 0.686. The van der Waals surface area contributed by atoms with Crippen molar-refractivity contribution in [3.05, 3.63) is 29.8 Å². The molecule has 0 aliphatic heterocycles. The first kappa shape index (κ1) is 15.0. The van der Waals surface area contributed by atoms with Gasteiger partial charge in [0.25, 0.3) is 0 Å². The maximum absolute atomic E-state index is 5.38. The Kier molecular flexibility index (Phi) is 3.66. The molecule has 0 saturated heterocycles. The highest BCUT2D eigenvalue weighted by Crippen LogP contribution is 2.40. The summed E-state index contributed by atoms with van der Waals surface area (Å²) in [6.07, 6.45) is 4.87. The highest BCUT2D eigenvalue weighted by molar-refractivity contribution is 5.68. The lowest BCUT2D eigenvalue weighted by molar-refractivity contribution is 0.370. The lowest BCUT2D eigenvalue weighted by Gasteiger charge is -2.18. The van der Waals surface area contributed by atoms with Crippen LogP contribution in [0.5, 0.6) is 0 Å². The summed E-state index contributed by atoms with van der Waals surface area (Å²) >= 11 is 0. The molecule has 0 amide bonds. The Balaban J connectivity index is 1.59. The van der Waals surface area contributed by atoms with Crippen LogP contribution in [0.15, 0.2) is 16.9 Å². The van der Waals surface area contributed by atoms with Gasteiger partial charge in [-0.1, -0.05) is 19.0 Å². The van der Waals surface area contributed by atoms with E-state index in [9.17, 15) is 0 Å². The molecule has 4 rings (SSSR count). The standard InChI is InChI=1S/C16H21N7O/c1-10(2)6-14-18-15(24-21-14)8-22(3)13-7-12(11-4-5-11)20-23-9-17-19-16(13)23/h7,9-11H,4-6,8H2,1-3H3. The third-order valence-electron chi connectivity index (χ3n) is 4.15. The van der Waals surface area contributed by atoms with Crippen LogP contribution < -0.4 is 4.90 Å². The van der Waals surface area contributed by atoms with E-state index in [0.717, 1.165) is 29.3 Å². The van der Waals surface area contributed by atoms with Gasteiger partial charge >= 0.3 is 0 Å². The van der Waals surface area contributed by atoms with E-state index in [0.29, 0.717) is 24.3 Å². The smallest absolute Gasteiger partial charge is 0.246 e. The molecule has 0 aromatic carbocycles. The molecule has 0 bridgehead atoms. The van der Waals surface area contributed by atoms with Crippen LogP contribution >= 0.6 is 0 Å². The highest BCUT2D eigenvalue weighted by atomic mass is 16.5. The number of anilines is 1. The molecule has 8 heteroatoms. The normalized spacial score (nSPS) is 14.7. The SMILES string of the molecule is CC(C)Cc1noc(CN(C)c2cc(C3CC3)nn3cnnc23)n1. The van der Waals surface area contributed by atoms with Crippen LogP contribution in [0.3, 0.4) is 0 Å². The van der Waals surface area contributed by atoms with Crippen molar-refractivity contribution in [3.8, 4) is 0 Å². The van der Waals surface area contributed by atoms with Crippen molar-refractivity contribution in [2.45, 2.75) is 45.6 Å². The molecule has 0 atom stereocenters. The van der Waals surface area contributed by atoms with Crippen molar-refractivity contribution in [2.75, 3.05) is 11.9 Å². The Labute approximate surface area is 139 Å². The Hall–Kier alpha value is -2.51. The number of fused-ring (bicyclic) bond motifs is 1. The van der Waals surface area contributed by atoms with E-state index in [-0.39, 0.29) is 0 Å². The van der Waals surface area contributed by atoms with Gasteiger partial charge in [0.2, 0.25) is 11.5 Å². The van der Waals surface area contributed by atoms with E-state index in [1.807, 2.05) is 7.05 Å². The number of aromatic nitrogens is 6. The van der Waals surface area contributed by atoms with E-state index in [1.54, 1.807) is 10.8 Å². The molecular weight excluding hydrogens is 306 g/mol. The first-order valence-electron chi connectivity index (χ1n) is 8.33. The van der Waals surface area contributed by atoms with Crippen LogP contribution in [0, 0.1) is 5.92 Å². The predicted molar refractivity (Wildman–Crippen MR) is 87.7 cm³/mol. The third kappa shape index (κ3) is 2.95. The molecular formula is C16H21N7O. The van der Waals surface area contributed by atoms with Crippen molar-refractivity contribution in [3.63, 3.8) is 0 Å². The molecule has 8 nitrogen and oxygen atoms in total. The van der Waals surface area contributed by atoms with E-state index < -0.39 is 0 Å². The molecule has 0 unspecified atom stereocenters. The summed E-state index contributed by atoms with van der Waals surface area (Å²) in [5, 5.41) is 16.8. The summed E-state index contributed by atoms with van der Waals surface area (Å²) in [7, 11) is 1.99. The minimum absolute atomic E-state index is 0.505. The summed E-state index contributed by atoms with van der Waals surface area (Å²) < 4.78 is 7.13. The van der Waals surface area contributed by atoms with E-state index in [4.69, 9.17) is 4.52 Å². The zero-order valence-corrected chi connectivity index (χ0v) is 14.2. The Bertz CT molecular complexity index is 849. The fourth-order valence-electron chi connectivity index (χ4n) is 2.78. The van der Waals surface area contributed by atoms with Crippen molar-refractivity contribution >= 4 is 11.3 Å². The molecule has 1 fully saturated rings. The van der Waals surface area contributed by atoms with Gasteiger partial charge in [-0.05, 0) is 24.8 Å². The topological polar surface area (TPSA) is 85.2 Å². The molecule has 1 saturated carbocycles. The van der Waals surface area contributed by atoms with Crippen molar-refractivity contribution < 1.29 is 4.52 Å². The van der Waals surface area contributed by atoms with Crippen molar-refractivity contribution in [1.29, 1.82) is 0 Å². The predicted octanol–water partition coefficient (Wildman–Crippen LogP) is 2.22. The molecule has 0 radical (unpaired) electrons. The van der Waals surface area contributed by atoms with Gasteiger partial charge < -0.3 is 9.42 Å². The molecule has 0 spiro atoms. The first-order chi connectivity index (χ1) is 11.6. The van der Waals surface area contributed by atoms with Crippen LogP contribution in [0.25, 0.3) is 5.65 Å². The molecule has 126 valence electrons. The zero-order valence-electron chi connectivity index (χ0n) is 14.2. The molecule has 3 aromatic rings. The maximum Gasteiger partial charge on any atom is 0.246 e. The van der Waals surface area contributed by atoms with Crippen molar-refractivity contribution in [1.82, 2.24) is 30.0 Å². The van der Waals surface area contributed by atoms with Gasteiger partial charge in [0.1, 0.15) is 6.33 Å². The van der Waals surface area contributed by atoms with Gasteiger partial charge in [0.05, 0.1) is 17.9 Å². The molecule has 1 aliphatic carbocycles.